The van der Waals surface area contributed by atoms with Crippen LogP contribution in [-0.2, 0) is 11.4 Å². The highest BCUT2D eigenvalue weighted by atomic mass is 32.2. The topological polar surface area (TPSA) is 65.7 Å². The normalized spacial score (nSPS) is 18.5. The molecule has 3 aromatic rings. The molecule has 0 radical (unpaired) electrons. The van der Waals surface area contributed by atoms with E-state index in [4.69, 9.17) is 15.0 Å². The molecule has 0 aromatic heterocycles. The number of nitrogens with zero attached hydrogens (tertiary/aromatic N) is 3. The lowest BCUT2D eigenvalue weighted by Gasteiger charge is -2.30. The van der Waals surface area contributed by atoms with E-state index in [0.29, 0.717) is 17.1 Å². The van der Waals surface area contributed by atoms with Crippen LogP contribution in [0.5, 0.6) is 5.75 Å². The van der Waals surface area contributed by atoms with Gasteiger partial charge in [0.15, 0.2) is 5.17 Å². The van der Waals surface area contributed by atoms with E-state index >= 15 is 0 Å². The van der Waals surface area contributed by atoms with E-state index < -0.39 is 0 Å². The third-order valence-corrected chi connectivity index (χ3v) is 7.41. The predicted molar refractivity (Wildman–Crippen MR) is 145 cm³/mol. The first kappa shape index (κ1) is 23.9. The van der Waals surface area contributed by atoms with Gasteiger partial charge in [0, 0.05) is 6.04 Å². The van der Waals surface area contributed by atoms with Crippen LogP contribution >= 0.6 is 11.8 Å². The van der Waals surface area contributed by atoms with Crippen molar-refractivity contribution >= 4 is 34.6 Å². The Kier molecular flexibility index (Phi) is 7.49. The maximum atomic E-state index is 13.5. The van der Waals surface area contributed by atoms with Crippen molar-refractivity contribution < 1.29 is 9.53 Å². The van der Waals surface area contributed by atoms with Gasteiger partial charge in [-0.1, -0.05) is 61.7 Å². The largest absolute Gasteiger partial charge is 0.489 e. The first-order chi connectivity index (χ1) is 17.7. The summed E-state index contributed by atoms with van der Waals surface area (Å²) in [5.74, 6) is 0.796. The van der Waals surface area contributed by atoms with E-state index in [1.165, 1.54) is 18.2 Å². The smallest absolute Gasteiger partial charge is 0.267 e. The predicted octanol–water partition coefficient (Wildman–Crippen LogP) is 7.07. The molecule has 1 amide bonds. The van der Waals surface area contributed by atoms with Crippen molar-refractivity contribution in [3.8, 4) is 11.8 Å². The molecule has 0 atom stereocenters. The first-order valence-electron chi connectivity index (χ1n) is 12.3. The summed E-state index contributed by atoms with van der Waals surface area (Å²) in [5.41, 5.74) is 3.44. The summed E-state index contributed by atoms with van der Waals surface area (Å²) in [6.45, 7) is 0.427. The molecule has 0 N–H and O–H groups in total. The lowest BCUT2D eigenvalue weighted by Crippen LogP contribution is -2.40. The molecule has 1 aliphatic heterocycles. The van der Waals surface area contributed by atoms with Gasteiger partial charge in [-0.15, -0.1) is 0 Å². The number of nitriles is 1. The molecular formula is C30H27N3O2S. The molecule has 1 saturated heterocycles. The van der Waals surface area contributed by atoms with E-state index in [2.05, 4.69) is 6.07 Å². The number of benzene rings is 3. The van der Waals surface area contributed by atoms with Crippen molar-refractivity contribution in [2.24, 2.45) is 4.99 Å². The van der Waals surface area contributed by atoms with Gasteiger partial charge in [0.05, 0.1) is 22.2 Å². The monoisotopic (exact) mass is 493 g/mol. The molecule has 6 heteroatoms. The van der Waals surface area contributed by atoms with E-state index in [9.17, 15) is 4.79 Å². The summed E-state index contributed by atoms with van der Waals surface area (Å²) in [5, 5.41) is 9.69. The average molecular weight is 494 g/mol. The lowest BCUT2D eigenvalue weighted by atomic mass is 9.94. The highest BCUT2D eigenvalue weighted by Gasteiger charge is 2.38. The Morgan fingerprint density at radius 1 is 0.972 bits per heavy atom. The summed E-state index contributed by atoms with van der Waals surface area (Å²) >= 11 is 1.46. The fourth-order valence-corrected chi connectivity index (χ4v) is 5.55. The third-order valence-electron chi connectivity index (χ3n) is 6.42. The maximum absolute atomic E-state index is 13.5. The molecule has 0 unspecified atom stereocenters. The fourth-order valence-electron chi connectivity index (χ4n) is 4.49. The molecule has 5 rings (SSSR count). The Morgan fingerprint density at radius 2 is 1.69 bits per heavy atom. The summed E-state index contributed by atoms with van der Waals surface area (Å²) in [6, 6.07) is 27.3. The van der Waals surface area contributed by atoms with Crippen molar-refractivity contribution in [1.29, 1.82) is 5.26 Å². The number of amides is 1. The van der Waals surface area contributed by atoms with Gasteiger partial charge in [0.1, 0.15) is 12.4 Å². The summed E-state index contributed by atoms with van der Waals surface area (Å²) in [7, 11) is 0. The zero-order valence-electron chi connectivity index (χ0n) is 20.0. The molecule has 36 heavy (non-hydrogen) atoms. The Labute approximate surface area is 216 Å². The van der Waals surface area contributed by atoms with Crippen molar-refractivity contribution in [2.75, 3.05) is 0 Å². The molecule has 1 heterocycles. The zero-order valence-corrected chi connectivity index (χ0v) is 20.8. The van der Waals surface area contributed by atoms with Crippen LogP contribution in [0.1, 0.15) is 48.8 Å². The average Bonchev–Trinajstić information content (AvgIpc) is 3.23. The molecule has 0 spiro atoms. The number of aliphatic imine (C=N–C) groups is 1. The second kappa shape index (κ2) is 11.3. The van der Waals surface area contributed by atoms with Crippen LogP contribution in [0.25, 0.3) is 6.08 Å². The molecule has 5 nitrogen and oxygen atoms in total. The van der Waals surface area contributed by atoms with Gasteiger partial charge in [-0.3, -0.25) is 9.69 Å². The molecular weight excluding hydrogens is 466 g/mol. The second-order valence-corrected chi connectivity index (χ2v) is 9.98. The lowest BCUT2D eigenvalue weighted by molar-refractivity contribution is -0.124. The van der Waals surface area contributed by atoms with Gasteiger partial charge in [0.25, 0.3) is 5.91 Å². The van der Waals surface area contributed by atoms with Crippen LogP contribution < -0.4 is 4.74 Å². The minimum atomic E-state index is 0.0442. The summed E-state index contributed by atoms with van der Waals surface area (Å²) in [4.78, 5) is 21.0. The molecule has 3 aromatic carbocycles. The van der Waals surface area contributed by atoms with Crippen molar-refractivity contribution in [1.82, 2.24) is 4.90 Å². The number of carbonyl (C=O) groups excluding carboxylic acids is 1. The fraction of sp³-hybridized carbons (Fsp3) is 0.233. The highest BCUT2D eigenvalue weighted by molar-refractivity contribution is 8.18. The molecule has 0 bridgehead atoms. The molecule has 1 aliphatic carbocycles. The van der Waals surface area contributed by atoms with Crippen molar-refractivity contribution in [2.45, 2.75) is 44.8 Å². The Balaban J connectivity index is 1.31. The number of thioether (sulfide) groups is 1. The number of para-hydroxylation sites is 1. The van der Waals surface area contributed by atoms with Crippen LogP contribution in [-0.4, -0.2) is 22.0 Å². The Morgan fingerprint density at radius 3 is 2.39 bits per heavy atom. The van der Waals surface area contributed by atoms with Crippen LogP contribution in [0.4, 0.5) is 5.69 Å². The molecule has 180 valence electrons. The van der Waals surface area contributed by atoms with Crippen molar-refractivity contribution in [3.05, 3.63) is 100 Å². The van der Waals surface area contributed by atoms with E-state index in [-0.39, 0.29) is 11.9 Å². The minimum Gasteiger partial charge on any atom is -0.489 e. The van der Waals surface area contributed by atoms with E-state index in [0.717, 1.165) is 53.4 Å². The number of carbonyl (C=O) groups is 1. The van der Waals surface area contributed by atoms with Gasteiger partial charge in [-0.25, -0.2) is 4.99 Å². The van der Waals surface area contributed by atoms with E-state index in [1.807, 2.05) is 77.7 Å². The van der Waals surface area contributed by atoms with Gasteiger partial charge in [0.2, 0.25) is 0 Å². The standard InChI is InChI=1S/C30H27N3O2S/c31-20-23-11-13-24(14-12-23)21-35-27-17-15-22(16-18-27)19-28-29(34)33(26-9-5-2-6-10-26)30(36-28)32-25-7-3-1-4-8-25/h1,3-4,7-8,11-19,26H,2,5-6,9-10,21H2/b28-19-,32-30?. The van der Waals surface area contributed by atoms with Crippen LogP contribution in [0.3, 0.4) is 0 Å². The quantitative estimate of drug-likeness (QED) is 0.344. The zero-order chi connectivity index (χ0) is 24.7. The van der Waals surface area contributed by atoms with Crippen LogP contribution in [0, 0.1) is 11.3 Å². The van der Waals surface area contributed by atoms with E-state index in [1.54, 1.807) is 12.1 Å². The van der Waals surface area contributed by atoms with Gasteiger partial charge in [-0.05, 0) is 78.2 Å². The minimum absolute atomic E-state index is 0.0442. The Bertz CT molecular complexity index is 1300. The number of amidine groups is 1. The van der Waals surface area contributed by atoms with Gasteiger partial charge in [-0.2, -0.15) is 5.26 Å². The number of rotatable bonds is 6. The maximum Gasteiger partial charge on any atom is 0.267 e. The van der Waals surface area contributed by atoms with Crippen molar-refractivity contribution in [3.63, 3.8) is 0 Å². The van der Waals surface area contributed by atoms with Gasteiger partial charge >= 0.3 is 0 Å². The first-order valence-corrected chi connectivity index (χ1v) is 13.1. The summed E-state index contributed by atoms with van der Waals surface area (Å²) in [6.07, 6.45) is 7.54. The molecule has 1 saturated carbocycles. The number of ether oxygens (including phenoxy) is 1. The molecule has 2 aliphatic rings. The SMILES string of the molecule is N#Cc1ccc(COc2ccc(/C=C3\SC(=Nc4ccccc4)N(C4CCCCC4)C3=O)cc2)cc1. The highest BCUT2D eigenvalue weighted by Crippen LogP contribution is 2.38. The van der Waals surface area contributed by atoms with Crippen LogP contribution in [0.2, 0.25) is 0 Å². The molecule has 2 fully saturated rings. The van der Waals surface area contributed by atoms with Crippen LogP contribution in [0.15, 0.2) is 88.8 Å². The second-order valence-electron chi connectivity index (χ2n) is 8.97. The number of hydrogen-bond acceptors (Lipinski definition) is 5. The summed E-state index contributed by atoms with van der Waals surface area (Å²) < 4.78 is 5.89. The number of hydrogen-bond donors (Lipinski definition) is 0. The Hall–Kier alpha value is -3.82. The third kappa shape index (κ3) is 5.69. The van der Waals surface area contributed by atoms with Gasteiger partial charge < -0.3 is 4.74 Å².